The number of hydrogen-bond donors (Lipinski definition) is 0. The Labute approximate surface area is 159 Å². The number of allylic oxidation sites excluding steroid dienone is 1. The first-order valence-electron chi connectivity index (χ1n) is 9.41. The highest BCUT2D eigenvalue weighted by atomic mass is 16.6. The van der Waals surface area contributed by atoms with Crippen LogP contribution in [0.25, 0.3) is 0 Å². The third-order valence-corrected chi connectivity index (χ3v) is 5.13. The molecular formula is C20H26N4O3. The average molecular weight is 370 g/mol. The Balaban J connectivity index is 1.67. The summed E-state index contributed by atoms with van der Waals surface area (Å²) in [5, 5.41) is 11.5. The van der Waals surface area contributed by atoms with Crippen LogP contribution in [0.15, 0.2) is 43.1 Å². The van der Waals surface area contributed by atoms with Gasteiger partial charge >= 0.3 is 0 Å². The van der Waals surface area contributed by atoms with Crippen molar-refractivity contribution < 1.29 is 9.72 Å². The average Bonchev–Trinajstić information content (AvgIpc) is 3.21. The van der Waals surface area contributed by atoms with Crippen molar-refractivity contribution >= 4 is 17.2 Å². The molecular weight excluding hydrogens is 344 g/mol. The molecule has 2 aliphatic heterocycles. The molecule has 2 saturated heterocycles. The predicted molar refractivity (Wildman–Crippen MR) is 106 cm³/mol. The maximum atomic E-state index is 12.5. The summed E-state index contributed by atoms with van der Waals surface area (Å²) in [5.41, 5.74) is 0.969. The fourth-order valence-electron chi connectivity index (χ4n) is 3.60. The Kier molecular flexibility index (Phi) is 6.24. The van der Waals surface area contributed by atoms with Crippen molar-refractivity contribution in [2.24, 2.45) is 0 Å². The van der Waals surface area contributed by atoms with Crippen molar-refractivity contribution in [1.29, 1.82) is 0 Å². The smallest absolute Gasteiger partial charge is 0.293 e. The minimum absolute atomic E-state index is 0.00851. The maximum Gasteiger partial charge on any atom is 0.293 e. The third kappa shape index (κ3) is 4.74. The molecule has 27 heavy (non-hydrogen) atoms. The van der Waals surface area contributed by atoms with E-state index in [1.54, 1.807) is 18.3 Å². The van der Waals surface area contributed by atoms with E-state index in [1.165, 1.54) is 12.1 Å². The Hall–Kier alpha value is -2.67. The number of nitro groups is 1. The lowest BCUT2D eigenvalue weighted by atomic mass is 10.1. The van der Waals surface area contributed by atoms with Gasteiger partial charge in [-0.05, 0) is 25.0 Å². The summed E-state index contributed by atoms with van der Waals surface area (Å²) < 4.78 is 0. The van der Waals surface area contributed by atoms with Crippen LogP contribution in [0.1, 0.15) is 23.2 Å². The summed E-state index contributed by atoms with van der Waals surface area (Å²) in [6.07, 6.45) is 7.29. The van der Waals surface area contributed by atoms with Crippen LogP contribution in [0.4, 0.5) is 11.4 Å². The zero-order valence-corrected chi connectivity index (χ0v) is 15.5. The predicted octanol–water partition coefficient (Wildman–Crippen LogP) is 2.70. The van der Waals surface area contributed by atoms with Crippen molar-refractivity contribution in [3.05, 3.63) is 58.8 Å². The second-order valence-corrected chi connectivity index (χ2v) is 6.96. The zero-order chi connectivity index (χ0) is 19.2. The van der Waals surface area contributed by atoms with E-state index in [1.807, 2.05) is 11.0 Å². The normalized spacial score (nSPS) is 18.2. The molecule has 7 nitrogen and oxygen atoms in total. The molecule has 2 fully saturated rings. The fraction of sp³-hybridized carbons (Fsp3) is 0.450. The van der Waals surface area contributed by atoms with Crippen LogP contribution in [0.5, 0.6) is 0 Å². The van der Waals surface area contributed by atoms with E-state index in [0.717, 1.165) is 58.7 Å². The topological polar surface area (TPSA) is 69.9 Å². The van der Waals surface area contributed by atoms with E-state index in [9.17, 15) is 14.9 Å². The first-order chi connectivity index (χ1) is 13.1. The minimum Gasteiger partial charge on any atom is -0.375 e. The summed E-state index contributed by atoms with van der Waals surface area (Å²) in [6, 6.07) is 4.80. The molecule has 0 N–H and O–H groups in total. The highest BCUT2D eigenvalue weighted by Gasteiger charge is 2.23. The van der Waals surface area contributed by atoms with E-state index in [4.69, 9.17) is 0 Å². The van der Waals surface area contributed by atoms with Crippen LogP contribution in [0, 0.1) is 10.1 Å². The van der Waals surface area contributed by atoms with E-state index in [0.29, 0.717) is 11.3 Å². The Morgan fingerprint density at radius 1 is 1.15 bits per heavy atom. The minimum atomic E-state index is -0.396. The zero-order valence-electron chi connectivity index (χ0n) is 15.5. The van der Waals surface area contributed by atoms with Gasteiger partial charge in [-0.2, -0.15) is 0 Å². The molecule has 1 aromatic carbocycles. The monoisotopic (exact) mass is 370 g/mol. The Morgan fingerprint density at radius 2 is 1.85 bits per heavy atom. The van der Waals surface area contributed by atoms with Gasteiger partial charge in [0, 0.05) is 69.7 Å². The maximum absolute atomic E-state index is 12.5. The molecule has 0 amide bonds. The van der Waals surface area contributed by atoms with Gasteiger partial charge in [-0.3, -0.25) is 19.8 Å². The number of carbonyl (C=O) groups excluding carboxylic acids is 1. The Bertz CT molecular complexity index is 733. The summed E-state index contributed by atoms with van der Waals surface area (Å²) >= 11 is 0. The number of anilines is 1. The van der Waals surface area contributed by atoms with Crippen molar-refractivity contribution in [3.63, 3.8) is 0 Å². The number of ketones is 1. The number of benzene rings is 1. The van der Waals surface area contributed by atoms with E-state index in [2.05, 4.69) is 16.4 Å². The first-order valence-corrected chi connectivity index (χ1v) is 9.41. The van der Waals surface area contributed by atoms with Gasteiger partial charge in [-0.15, -0.1) is 6.58 Å². The van der Waals surface area contributed by atoms with Crippen molar-refractivity contribution in [3.8, 4) is 0 Å². The number of hydrogen-bond acceptors (Lipinski definition) is 6. The molecule has 0 aromatic heterocycles. The lowest BCUT2D eigenvalue weighted by molar-refractivity contribution is -0.384. The molecule has 0 radical (unpaired) electrons. The lowest BCUT2D eigenvalue weighted by Crippen LogP contribution is -2.43. The van der Waals surface area contributed by atoms with E-state index >= 15 is 0 Å². The summed E-state index contributed by atoms with van der Waals surface area (Å²) in [4.78, 5) is 30.0. The number of nitro benzene ring substituents is 1. The number of piperazine rings is 1. The van der Waals surface area contributed by atoms with Crippen LogP contribution < -0.4 is 4.90 Å². The molecule has 0 spiro atoms. The number of rotatable bonds is 7. The molecule has 0 bridgehead atoms. The van der Waals surface area contributed by atoms with Gasteiger partial charge in [0.05, 0.1) is 4.92 Å². The molecule has 7 heteroatoms. The second-order valence-electron chi connectivity index (χ2n) is 6.96. The lowest BCUT2D eigenvalue weighted by Gasteiger charge is -2.33. The third-order valence-electron chi connectivity index (χ3n) is 5.13. The number of carbonyl (C=O) groups is 1. The van der Waals surface area contributed by atoms with Crippen molar-refractivity contribution in [1.82, 2.24) is 9.80 Å². The standard InChI is InChI=1S/C20H26N4O3/c1-2-8-21-12-14-22(15-13-21)11-7-20(25)17-5-6-18(19(16-17)24(26)27)23-9-3-4-10-23/h2,5-7,11,16H,1,3-4,8-10,12-15H2. The molecule has 144 valence electrons. The van der Waals surface area contributed by atoms with Crippen LogP contribution in [0.2, 0.25) is 0 Å². The van der Waals surface area contributed by atoms with Gasteiger partial charge in [0.1, 0.15) is 5.69 Å². The largest absolute Gasteiger partial charge is 0.375 e. The van der Waals surface area contributed by atoms with Crippen LogP contribution in [-0.2, 0) is 0 Å². The second kappa shape index (κ2) is 8.81. The molecule has 3 rings (SSSR count). The van der Waals surface area contributed by atoms with Crippen LogP contribution >= 0.6 is 0 Å². The van der Waals surface area contributed by atoms with Gasteiger partial charge in [0.15, 0.2) is 5.78 Å². The summed E-state index contributed by atoms with van der Waals surface area (Å²) in [7, 11) is 0. The van der Waals surface area contributed by atoms with Gasteiger partial charge in [0.25, 0.3) is 5.69 Å². The molecule has 0 aliphatic carbocycles. The quantitative estimate of drug-likeness (QED) is 0.242. The highest BCUT2D eigenvalue weighted by molar-refractivity contribution is 6.05. The molecule has 2 heterocycles. The molecule has 2 aliphatic rings. The van der Waals surface area contributed by atoms with E-state index in [-0.39, 0.29) is 11.5 Å². The van der Waals surface area contributed by atoms with Crippen LogP contribution in [-0.4, -0.2) is 66.3 Å². The molecule has 1 aromatic rings. The van der Waals surface area contributed by atoms with Gasteiger partial charge in [0.2, 0.25) is 0 Å². The molecule has 0 saturated carbocycles. The number of nitrogens with zero attached hydrogens (tertiary/aromatic N) is 4. The van der Waals surface area contributed by atoms with Gasteiger partial charge in [-0.1, -0.05) is 6.08 Å². The Morgan fingerprint density at radius 3 is 2.48 bits per heavy atom. The van der Waals surface area contributed by atoms with Crippen molar-refractivity contribution in [2.45, 2.75) is 12.8 Å². The SMILES string of the molecule is C=CCN1CCN(C=CC(=O)c2ccc(N3CCCC3)c([N+](=O)[O-])c2)CC1. The molecule has 0 unspecified atom stereocenters. The van der Waals surface area contributed by atoms with Crippen LogP contribution in [0.3, 0.4) is 0 Å². The van der Waals surface area contributed by atoms with E-state index < -0.39 is 4.92 Å². The summed E-state index contributed by atoms with van der Waals surface area (Å²) in [6.45, 7) is 9.85. The molecule has 0 atom stereocenters. The fourth-order valence-corrected chi connectivity index (χ4v) is 3.60. The van der Waals surface area contributed by atoms with Gasteiger partial charge < -0.3 is 9.80 Å². The van der Waals surface area contributed by atoms with Crippen molar-refractivity contribution in [2.75, 3.05) is 50.7 Å². The van der Waals surface area contributed by atoms with Gasteiger partial charge in [-0.25, -0.2) is 0 Å². The first kappa shape index (κ1) is 19.1. The highest BCUT2D eigenvalue weighted by Crippen LogP contribution is 2.31. The summed E-state index contributed by atoms with van der Waals surface area (Å²) in [5.74, 6) is -0.209.